The Hall–Kier alpha value is -2.14. The number of nitrogens with zero attached hydrogens (tertiary/aromatic N) is 4. The minimum Gasteiger partial charge on any atom is -0.308 e. The van der Waals surface area contributed by atoms with Crippen LogP contribution in [-0.2, 0) is 20.1 Å². The second-order valence-electron chi connectivity index (χ2n) is 4.72. The van der Waals surface area contributed by atoms with Crippen LogP contribution in [0, 0.1) is 6.92 Å². The SMILES string of the molecule is Cc1nn(C)cc1CNCc1cnn2ccccc12. The van der Waals surface area contributed by atoms with E-state index in [0.29, 0.717) is 0 Å². The highest BCUT2D eigenvalue weighted by molar-refractivity contribution is 5.53. The maximum Gasteiger partial charge on any atom is 0.0706 e. The van der Waals surface area contributed by atoms with Crippen LogP contribution in [0.5, 0.6) is 0 Å². The van der Waals surface area contributed by atoms with E-state index in [2.05, 4.69) is 27.8 Å². The summed E-state index contributed by atoms with van der Waals surface area (Å²) < 4.78 is 3.74. The molecule has 0 bridgehead atoms. The molecule has 3 aromatic rings. The molecule has 0 unspecified atom stereocenters. The third-order valence-electron chi connectivity index (χ3n) is 3.25. The van der Waals surface area contributed by atoms with Crippen LogP contribution in [0.2, 0.25) is 0 Å². The zero-order valence-electron chi connectivity index (χ0n) is 11.2. The fourth-order valence-electron chi connectivity index (χ4n) is 2.28. The molecule has 0 aliphatic heterocycles. The number of aryl methyl sites for hydroxylation is 2. The van der Waals surface area contributed by atoms with Gasteiger partial charge in [-0.25, -0.2) is 4.52 Å². The first-order valence-electron chi connectivity index (χ1n) is 6.35. The minimum atomic E-state index is 0.807. The molecule has 0 aliphatic rings. The lowest BCUT2D eigenvalue weighted by Gasteiger charge is -2.02. The molecule has 3 heterocycles. The Morgan fingerprint density at radius 1 is 1.21 bits per heavy atom. The molecule has 0 aliphatic carbocycles. The minimum absolute atomic E-state index is 0.807. The summed E-state index contributed by atoms with van der Waals surface area (Å²) in [6, 6.07) is 6.10. The van der Waals surface area contributed by atoms with Gasteiger partial charge >= 0.3 is 0 Å². The smallest absolute Gasteiger partial charge is 0.0706 e. The summed E-state index contributed by atoms with van der Waals surface area (Å²) in [5.41, 5.74) is 4.67. The van der Waals surface area contributed by atoms with E-state index in [1.165, 1.54) is 11.1 Å². The van der Waals surface area contributed by atoms with Gasteiger partial charge < -0.3 is 5.32 Å². The summed E-state index contributed by atoms with van der Waals surface area (Å²) in [5.74, 6) is 0. The third kappa shape index (κ3) is 2.37. The average molecular weight is 255 g/mol. The fourth-order valence-corrected chi connectivity index (χ4v) is 2.28. The van der Waals surface area contributed by atoms with Crippen molar-refractivity contribution in [3.05, 3.63) is 53.6 Å². The second kappa shape index (κ2) is 4.85. The van der Waals surface area contributed by atoms with Gasteiger partial charge in [0.2, 0.25) is 0 Å². The summed E-state index contributed by atoms with van der Waals surface area (Å²) >= 11 is 0. The lowest BCUT2D eigenvalue weighted by molar-refractivity contribution is 0.693. The largest absolute Gasteiger partial charge is 0.308 e. The first kappa shape index (κ1) is 11.9. The van der Waals surface area contributed by atoms with Crippen LogP contribution in [-0.4, -0.2) is 19.4 Å². The molecular formula is C14H17N5. The Morgan fingerprint density at radius 3 is 2.84 bits per heavy atom. The van der Waals surface area contributed by atoms with Gasteiger partial charge in [-0.3, -0.25) is 4.68 Å². The van der Waals surface area contributed by atoms with Crippen molar-refractivity contribution in [2.75, 3.05) is 0 Å². The summed E-state index contributed by atoms with van der Waals surface area (Å²) in [6.45, 7) is 3.66. The monoisotopic (exact) mass is 255 g/mol. The van der Waals surface area contributed by atoms with Crippen LogP contribution < -0.4 is 5.32 Å². The molecule has 19 heavy (non-hydrogen) atoms. The number of aromatic nitrogens is 4. The maximum absolute atomic E-state index is 4.34. The molecule has 0 atom stereocenters. The van der Waals surface area contributed by atoms with E-state index < -0.39 is 0 Å². The van der Waals surface area contributed by atoms with Crippen molar-refractivity contribution in [2.45, 2.75) is 20.0 Å². The molecule has 1 N–H and O–H groups in total. The average Bonchev–Trinajstić information content (AvgIpc) is 2.94. The first-order valence-corrected chi connectivity index (χ1v) is 6.35. The van der Waals surface area contributed by atoms with E-state index in [0.717, 1.165) is 24.3 Å². The zero-order valence-corrected chi connectivity index (χ0v) is 11.2. The van der Waals surface area contributed by atoms with Gasteiger partial charge in [0.05, 0.1) is 17.4 Å². The van der Waals surface area contributed by atoms with Crippen molar-refractivity contribution in [1.82, 2.24) is 24.7 Å². The van der Waals surface area contributed by atoms with Gasteiger partial charge in [-0.15, -0.1) is 0 Å². The summed E-state index contributed by atoms with van der Waals surface area (Å²) in [4.78, 5) is 0. The van der Waals surface area contributed by atoms with Crippen LogP contribution >= 0.6 is 0 Å². The number of fused-ring (bicyclic) bond motifs is 1. The van der Waals surface area contributed by atoms with Crippen LogP contribution in [0.3, 0.4) is 0 Å². The topological polar surface area (TPSA) is 47.2 Å². The molecule has 5 nitrogen and oxygen atoms in total. The van der Waals surface area contributed by atoms with E-state index in [1.54, 1.807) is 0 Å². The predicted octanol–water partition coefficient (Wildman–Crippen LogP) is 1.67. The standard InChI is InChI=1S/C14H17N5/c1-11-13(10-18(2)17-11)8-15-7-12-9-16-19-6-4-3-5-14(12)19/h3-6,9-10,15H,7-8H2,1-2H3. The molecule has 0 saturated carbocycles. The van der Waals surface area contributed by atoms with E-state index in [-0.39, 0.29) is 0 Å². The third-order valence-corrected chi connectivity index (χ3v) is 3.25. The van der Waals surface area contributed by atoms with E-state index in [1.807, 2.05) is 47.7 Å². The van der Waals surface area contributed by atoms with Gasteiger partial charge in [0.1, 0.15) is 0 Å². The molecule has 0 spiro atoms. The van der Waals surface area contributed by atoms with Crippen molar-refractivity contribution in [2.24, 2.45) is 7.05 Å². The highest BCUT2D eigenvalue weighted by atomic mass is 15.3. The molecule has 0 radical (unpaired) electrons. The zero-order chi connectivity index (χ0) is 13.2. The quantitative estimate of drug-likeness (QED) is 0.771. The van der Waals surface area contributed by atoms with Crippen LogP contribution in [0.4, 0.5) is 0 Å². The summed E-state index contributed by atoms with van der Waals surface area (Å²) in [7, 11) is 1.95. The van der Waals surface area contributed by atoms with E-state index in [4.69, 9.17) is 0 Å². The number of pyridine rings is 1. The molecular weight excluding hydrogens is 238 g/mol. The van der Waals surface area contributed by atoms with Crippen molar-refractivity contribution < 1.29 is 0 Å². The number of hydrogen-bond acceptors (Lipinski definition) is 3. The summed E-state index contributed by atoms with van der Waals surface area (Å²) in [5, 5.41) is 12.1. The highest BCUT2D eigenvalue weighted by Gasteiger charge is 2.05. The Bertz CT molecular complexity index is 695. The summed E-state index contributed by atoms with van der Waals surface area (Å²) in [6.07, 6.45) is 5.93. The van der Waals surface area contributed by atoms with Gasteiger partial charge in [-0.1, -0.05) is 6.07 Å². The molecule has 0 aromatic carbocycles. The normalized spacial score (nSPS) is 11.3. The molecule has 98 valence electrons. The van der Waals surface area contributed by atoms with Crippen LogP contribution in [0.1, 0.15) is 16.8 Å². The highest BCUT2D eigenvalue weighted by Crippen LogP contribution is 2.10. The van der Waals surface area contributed by atoms with Gasteiger partial charge in [0.15, 0.2) is 0 Å². The fraction of sp³-hybridized carbons (Fsp3) is 0.286. The maximum atomic E-state index is 4.34. The van der Waals surface area contributed by atoms with Crippen molar-refractivity contribution >= 4 is 5.52 Å². The molecule has 0 saturated heterocycles. The lowest BCUT2D eigenvalue weighted by atomic mass is 10.2. The van der Waals surface area contributed by atoms with Gasteiger partial charge in [-0.05, 0) is 19.1 Å². The Kier molecular flexibility index (Phi) is 3.05. The molecule has 0 fully saturated rings. The number of hydrogen-bond donors (Lipinski definition) is 1. The van der Waals surface area contributed by atoms with Gasteiger partial charge in [0.25, 0.3) is 0 Å². The van der Waals surface area contributed by atoms with Crippen molar-refractivity contribution in [3.8, 4) is 0 Å². The molecule has 5 heteroatoms. The van der Waals surface area contributed by atoms with Gasteiger partial charge in [-0.2, -0.15) is 10.2 Å². The first-order chi connectivity index (χ1) is 9.24. The predicted molar refractivity (Wildman–Crippen MR) is 73.7 cm³/mol. The van der Waals surface area contributed by atoms with Crippen molar-refractivity contribution in [1.29, 1.82) is 0 Å². The molecule has 0 amide bonds. The second-order valence-corrected chi connectivity index (χ2v) is 4.72. The Morgan fingerprint density at radius 2 is 2.05 bits per heavy atom. The Labute approximate surface area is 111 Å². The van der Waals surface area contributed by atoms with E-state index >= 15 is 0 Å². The molecule has 3 rings (SSSR count). The lowest BCUT2D eigenvalue weighted by Crippen LogP contribution is -2.12. The van der Waals surface area contributed by atoms with Crippen LogP contribution in [0.25, 0.3) is 5.52 Å². The molecule has 3 aromatic heterocycles. The number of nitrogens with one attached hydrogen (secondary N) is 1. The van der Waals surface area contributed by atoms with E-state index in [9.17, 15) is 0 Å². The Balaban J connectivity index is 1.68. The van der Waals surface area contributed by atoms with Crippen LogP contribution in [0.15, 0.2) is 36.8 Å². The van der Waals surface area contributed by atoms with Gasteiger partial charge in [0, 0.05) is 43.7 Å². The number of rotatable bonds is 4. The van der Waals surface area contributed by atoms with Crippen molar-refractivity contribution in [3.63, 3.8) is 0 Å².